The molecule has 2 amide bonds. The SMILES string of the molecule is CC[C@H](C)NC(=O)CNC(=O)OC(C)(C)C. The highest BCUT2D eigenvalue weighted by molar-refractivity contribution is 5.82. The zero-order chi connectivity index (χ0) is 12.8. The van der Waals surface area contributed by atoms with Crippen molar-refractivity contribution >= 4 is 12.0 Å². The van der Waals surface area contributed by atoms with Crippen molar-refractivity contribution in [2.75, 3.05) is 6.54 Å². The van der Waals surface area contributed by atoms with E-state index in [1.807, 2.05) is 13.8 Å². The zero-order valence-electron chi connectivity index (χ0n) is 10.7. The van der Waals surface area contributed by atoms with E-state index in [9.17, 15) is 9.59 Å². The van der Waals surface area contributed by atoms with E-state index >= 15 is 0 Å². The van der Waals surface area contributed by atoms with Gasteiger partial charge in [-0.3, -0.25) is 4.79 Å². The summed E-state index contributed by atoms with van der Waals surface area (Å²) in [6, 6.07) is 0.118. The Morgan fingerprint density at radius 3 is 2.31 bits per heavy atom. The molecule has 0 unspecified atom stereocenters. The molecular formula is C11H22N2O3. The molecule has 0 aliphatic heterocycles. The summed E-state index contributed by atoms with van der Waals surface area (Å²) in [5.41, 5.74) is -0.544. The van der Waals surface area contributed by atoms with Crippen molar-refractivity contribution < 1.29 is 14.3 Å². The van der Waals surface area contributed by atoms with E-state index in [4.69, 9.17) is 4.74 Å². The van der Waals surface area contributed by atoms with E-state index in [1.54, 1.807) is 20.8 Å². The van der Waals surface area contributed by atoms with Crippen LogP contribution in [0, 0.1) is 0 Å². The van der Waals surface area contributed by atoms with Crippen LogP contribution in [0.15, 0.2) is 0 Å². The van der Waals surface area contributed by atoms with Gasteiger partial charge in [-0.05, 0) is 34.1 Å². The van der Waals surface area contributed by atoms with Crippen LogP contribution in [0.1, 0.15) is 41.0 Å². The third-order valence-electron chi connectivity index (χ3n) is 1.81. The molecule has 0 saturated heterocycles. The number of carbonyl (C=O) groups is 2. The molecule has 0 rings (SSSR count). The van der Waals surface area contributed by atoms with E-state index in [-0.39, 0.29) is 18.5 Å². The molecule has 2 N–H and O–H groups in total. The molecule has 0 aliphatic carbocycles. The lowest BCUT2D eigenvalue weighted by atomic mass is 10.2. The third kappa shape index (κ3) is 8.08. The van der Waals surface area contributed by atoms with Gasteiger partial charge in [0.1, 0.15) is 12.1 Å². The number of alkyl carbamates (subject to hydrolysis) is 1. The minimum Gasteiger partial charge on any atom is -0.444 e. The molecule has 0 saturated carbocycles. The van der Waals surface area contributed by atoms with Crippen LogP contribution in [0.3, 0.4) is 0 Å². The minimum absolute atomic E-state index is 0.0563. The van der Waals surface area contributed by atoms with Gasteiger partial charge in [0, 0.05) is 6.04 Å². The smallest absolute Gasteiger partial charge is 0.408 e. The summed E-state index contributed by atoms with van der Waals surface area (Å²) in [6.07, 6.45) is 0.282. The summed E-state index contributed by atoms with van der Waals surface area (Å²) >= 11 is 0. The summed E-state index contributed by atoms with van der Waals surface area (Å²) in [4.78, 5) is 22.5. The van der Waals surface area contributed by atoms with Crippen LogP contribution >= 0.6 is 0 Å². The Hall–Kier alpha value is -1.26. The first-order valence-electron chi connectivity index (χ1n) is 5.50. The van der Waals surface area contributed by atoms with Crippen molar-refractivity contribution in [3.05, 3.63) is 0 Å². The summed E-state index contributed by atoms with van der Waals surface area (Å²) < 4.78 is 4.99. The molecule has 0 fully saturated rings. The molecule has 16 heavy (non-hydrogen) atoms. The Morgan fingerprint density at radius 1 is 1.31 bits per heavy atom. The standard InChI is InChI=1S/C11H22N2O3/c1-6-8(2)13-9(14)7-12-10(15)16-11(3,4)5/h8H,6-7H2,1-5H3,(H,12,15)(H,13,14)/t8-/m0/s1. The predicted molar refractivity (Wildman–Crippen MR) is 62.1 cm³/mol. The molecule has 0 aromatic carbocycles. The molecule has 94 valence electrons. The second-order valence-electron chi connectivity index (χ2n) is 4.73. The topological polar surface area (TPSA) is 67.4 Å². The highest BCUT2D eigenvalue weighted by Gasteiger charge is 2.16. The molecule has 5 nitrogen and oxygen atoms in total. The van der Waals surface area contributed by atoms with Crippen molar-refractivity contribution in [1.82, 2.24) is 10.6 Å². The van der Waals surface area contributed by atoms with E-state index < -0.39 is 11.7 Å². The number of hydrogen-bond acceptors (Lipinski definition) is 3. The monoisotopic (exact) mass is 230 g/mol. The highest BCUT2D eigenvalue weighted by Crippen LogP contribution is 2.05. The Morgan fingerprint density at radius 2 is 1.88 bits per heavy atom. The van der Waals surface area contributed by atoms with Crippen LogP contribution in [-0.2, 0) is 9.53 Å². The van der Waals surface area contributed by atoms with Crippen LogP contribution in [0.5, 0.6) is 0 Å². The Kier molecular flexibility index (Phi) is 5.85. The van der Waals surface area contributed by atoms with Gasteiger partial charge < -0.3 is 15.4 Å². The van der Waals surface area contributed by atoms with Crippen molar-refractivity contribution in [3.8, 4) is 0 Å². The largest absolute Gasteiger partial charge is 0.444 e. The lowest BCUT2D eigenvalue weighted by Crippen LogP contribution is -2.42. The minimum atomic E-state index is -0.577. The normalized spacial score (nSPS) is 12.8. The highest BCUT2D eigenvalue weighted by atomic mass is 16.6. The fourth-order valence-corrected chi connectivity index (χ4v) is 0.895. The first-order chi connectivity index (χ1) is 7.24. The van der Waals surface area contributed by atoms with Gasteiger partial charge in [0.2, 0.25) is 5.91 Å². The number of hydrogen-bond donors (Lipinski definition) is 2. The zero-order valence-corrected chi connectivity index (χ0v) is 10.7. The van der Waals surface area contributed by atoms with E-state index in [0.29, 0.717) is 0 Å². The van der Waals surface area contributed by atoms with Crippen LogP contribution < -0.4 is 10.6 Å². The lowest BCUT2D eigenvalue weighted by Gasteiger charge is -2.19. The van der Waals surface area contributed by atoms with Crippen LogP contribution in [0.4, 0.5) is 4.79 Å². The second kappa shape index (κ2) is 6.35. The average Bonchev–Trinajstić information content (AvgIpc) is 2.12. The molecule has 0 heterocycles. The number of rotatable bonds is 4. The molecule has 5 heteroatoms. The molecule has 0 bridgehead atoms. The van der Waals surface area contributed by atoms with Crippen molar-refractivity contribution in [2.45, 2.75) is 52.7 Å². The quantitative estimate of drug-likeness (QED) is 0.767. The Bertz CT molecular complexity index is 246. The third-order valence-corrected chi connectivity index (χ3v) is 1.81. The van der Waals surface area contributed by atoms with Gasteiger partial charge in [-0.2, -0.15) is 0 Å². The molecule has 0 aromatic rings. The summed E-state index contributed by atoms with van der Waals surface area (Å²) in [6.45, 7) is 9.14. The Balaban J connectivity index is 3.80. The first-order valence-corrected chi connectivity index (χ1v) is 5.50. The van der Waals surface area contributed by atoms with Gasteiger partial charge in [0.15, 0.2) is 0 Å². The molecule has 0 radical (unpaired) electrons. The summed E-state index contributed by atoms with van der Waals surface area (Å²) in [5.74, 6) is -0.208. The number of carbonyl (C=O) groups excluding carboxylic acids is 2. The second-order valence-corrected chi connectivity index (χ2v) is 4.73. The molecule has 0 aromatic heterocycles. The average molecular weight is 230 g/mol. The summed E-state index contributed by atoms with van der Waals surface area (Å²) in [7, 11) is 0. The van der Waals surface area contributed by atoms with Crippen LogP contribution in [-0.4, -0.2) is 30.2 Å². The summed E-state index contributed by atoms with van der Waals surface area (Å²) in [5, 5.41) is 5.13. The van der Waals surface area contributed by atoms with Gasteiger partial charge in [0.05, 0.1) is 0 Å². The number of amides is 2. The van der Waals surface area contributed by atoms with Crippen molar-refractivity contribution in [3.63, 3.8) is 0 Å². The van der Waals surface area contributed by atoms with Gasteiger partial charge in [-0.15, -0.1) is 0 Å². The lowest BCUT2D eigenvalue weighted by molar-refractivity contribution is -0.120. The fraction of sp³-hybridized carbons (Fsp3) is 0.818. The van der Waals surface area contributed by atoms with Crippen molar-refractivity contribution in [2.24, 2.45) is 0 Å². The maximum absolute atomic E-state index is 11.3. The number of nitrogens with one attached hydrogen (secondary N) is 2. The fourth-order valence-electron chi connectivity index (χ4n) is 0.895. The van der Waals surface area contributed by atoms with E-state index in [2.05, 4.69) is 10.6 Å². The van der Waals surface area contributed by atoms with E-state index in [0.717, 1.165) is 6.42 Å². The molecule has 0 aliphatic rings. The first kappa shape index (κ1) is 14.7. The van der Waals surface area contributed by atoms with Gasteiger partial charge in [-0.1, -0.05) is 6.92 Å². The maximum Gasteiger partial charge on any atom is 0.408 e. The number of ether oxygens (including phenoxy) is 1. The van der Waals surface area contributed by atoms with Crippen LogP contribution in [0.25, 0.3) is 0 Å². The van der Waals surface area contributed by atoms with Crippen LogP contribution in [0.2, 0.25) is 0 Å². The Labute approximate surface area is 96.9 Å². The molecular weight excluding hydrogens is 208 g/mol. The maximum atomic E-state index is 11.3. The van der Waals surface area contributed by atoms with Gasteiger partial charge in [0.25, 0.3) is 0 Å². The van der Waals surface area contributed by atoms with E-state index in [1.165, 1.54) is 0 Å². The van der Waals surface area contributed by atoms with Crippen molar-refractivity contribution in [1.29, 1.82) is 0 Å². The molecule has 1 atom stereocenters. The molecule has 0 spiro atoms. The van der Waals surface area contributed by atoms with Gasteiger partial charge in [-0.25, -0.2) is 4.79 Å². The van der Waals surface area contributed by atoms with Gasteiger partial charge >= 0.3 is 6.09 Å². The predicted octanol–water partition coefficient (Wildman–Crippen LogP) is 1.43.